The number of fused-ring (bicyclic) bond motifs is 7. The molecule has 0 fully saturated rings. The Bertz CT molecular complexity index is 3080. The van der Waals surface area contributed by atoms with Crippen LogP contribution in [-0.4, -0.2) is 19.4 Å². The van der Waals surface area contributed by atoms with E-state index in [0.717, 1.165) is 27.6 Å². The Morgan fingerprint density at radius 1 is 0.360 bits per heavy atom. The van der Waals surface area contributed by atoms with Crippen molar-refractivity contribution in [3.63, 3.8) is 0 Å². The number of nitrogens with zero attached hydrogens (tertiary/aromatic N) is 4. The minimum Gasteiger partial charge on any atom is -0.308 e. The fourth-order valence-corrected chi connectivity index (χ4v) is 8.98. The average molecular weight is 655 g/mol. The Balaban J connectivity index is 1.29. The van der Waals surface area contributed by atoms with Gasteiger partial charge in [0.15, 0.2) is 17.5 Å². The average Bonchev–Trinajstić information content (AvgIpc) is 3.75. The third-order valence-electron chi connectivity index (χ3n) is 9.99. The van der Waals surface area contributed by atoms with Gasteiger partial charge in [0.05, 0.1) is 16.6 Å². The summed E-state index contributed by atoms with van der Waals surface area (Å²) in [6.07, 6.45) is 0. The van der Waals surface area contributed by atoms with Crippen molar-refractivity contribution in [2.75, 3.05) is 0 Å². The molecule has 0 unspecified atom stereocenters. The van der Waals surface area contributed by atoms with Gasteiger partial charge in [0.1, 0.15) is 0 Å². The minimum absolute atomic E-state index is 0.650. The minimum atomic E-state index is 0.650. The highest BCUT2D eigenvalue weighted by molar-refractivity contribution is 7.26. The number of aromatic nitrogens is 4. The van der Waals surface area contributed by atoms with Crippen LogP contribution in [0, 0.1) is 0 Å². The molecule has 0 atom stereocenters. The SMILES string of the molecule is c1ccc(-c2nc(-c3ccccc3)nc(-c3ccc4c(c3)c3cccc5c6cccc7sc8cccc(c9ccccc9n4c53)c8c76)n2)cc1. The fourth-order valence-electron chi connectivity index (χ4n) is 7.83. The van der Waals surface area contributed by atoms with E-state index in [2.05, 4.69) is 101 Å². The van der Waals surface area contributed by atoms with Crippen LogP contribution in [0.4, 0.5) is 0 Å². The molecule has 0 spiro atoms. The van der Waals surface area contributed by atoms with E-state index in [4.69, 9.17) is 15.0 Å². The summed E-state index contributed by atoms with van der Waals surface area (Å²) < 4.78 is 5.10. The molecular weight excluding hydrogens is 629 g/mol. The van der Waals surface area contributed by atoms with Gasteiger partial charge in [-0.25, -0.2) is 15.0 Å². The number of benzene rings is 7. The predicted molar refractivity (Wildman–Crippen MR) is 210 cm³/mol. The van der Waals surface area contributed by atoms with Crippen molar-refractivity contribution < 1.29 is 0 Å². The van der Waals surface area contributed by atoms with Gasteiger partial charge in [-0.15, -0.1) is 11.3 Å². The summed E-state index contributed by atoms with van der Waals surface area (Å²) in [5, 5.41) is 10.0. The molecule has 232 valence electrons. The van der Waals surface area contributed by atoms with E-state index in [1.54, 1.807) is 0 Å². The van der Waals surface area contributed by atoms with Gasteiger partial charge >= 0.3 is 0 Å². The Labute approximate surface area is 290 Å². The van der Waals surface area contributed by atoms with Crippen LogP contribution in [0.25, 0.3) is 103 Å². The van der Waals surface area contributed by atoms with E-state index in [1.165, 1.54) is 58.1 Å². The maximum Gasteiger partial charge on any atom is 0.164 e. The van der Waals surface area contributed by atoms with E-state index in [-0.39, 0.29) is 0 Å². The number of hydrogen-bond donors (Lipinski definition) is 0. The quantitative estimate of drug-likeness (QED) is 0.190. The zero-order valence-electron chi connectivity index (χ0n) is 26.7. The summed E-state index contributed by atoms with van der Waals surface area (Å²) >= 11 is 1.88. The van der Waals surface area contributed by atoms with Crippen molar-refractivity contribution in [2.24, 2.45) is 0 Å². The van der Waals surface area contributed by atoms with Crippen LogP contribution in [0.1, 0.15) is 0 Å². The summed E-state index contributed by atoms with van der Waals surface area (Å²) in [5.74, 6) is 1.96. The normalized spacial score (nSPS) is 12.0. The van der Waals surface area contributed by atoms with E-state index < -0.39 is 0 Å². The first kappa shape index (κ1) is 27.5. The fraction of sp³-hybridized carbons (Fsp3) is 0. The number of para-hydroxylation sites is 2. The lowest BCUT2D eigenvalue weighted by molar-refractivity contribution is 1.07. The van der Waals surface area contributed by atoms with Crippen LogP contribution >= 0.6 is 11.3 Å². The van der Waals surface area contributed by atoms with Gasteiger partial charge in [-0.2, -0.15) is 0 Å². The van der Waals surface area contributed by atoms with Crippen molar-refractivity contribution in [3.05, 3.63) is 158 Å². The second kappa shape index (κ2) is 10.5. The summed E-state index contributed by atoms with van der Waals surface area (Å²) in [7, 11) is 0. The maximum absolute atomic E-state index is 5.06. The summed E-state index contributed by atoms with van der Waals surface area (Å²) in [6, 6.07) is 56.1. The monoisotopic (exact) mass is 654 g/mol. The van der Waals surface area contributed by atoms with E-state index in [0.29, 0.717) is 17.5 Å². The molecule has 0 saturated heterocycles. The van der Waals surface area contributed by atoms with Gasteiger partial charge in [-0.1, -0.05) is 121 Å². The van der Waals surface area contributed by atoms with Crippen LogP contribution in [0.3, 0.4) is 0 Å². The topological polar surface area (TPSA) is 43.1 Å². The molecule has 0 aliphatic carbocycles. The van der Waals surface area contributed by atoms with Gasteiger partial charge in [-0.3, -0.25) is 0 Å². The largest absolute Gasteiger partial charge is 0.308 e. The second-order valence-corrected chi connectivity index (χ2v) is 13.9. The molecule has 4 aromatic heterocycles. The molecule has 0 bridgehead atoms. The standard InChI is InChI=1S/C45H26N4S/c1-3-12-27(13-4-1)43-46-44(28-14-5-2-6-15-28)48-45(47-43)29-24-25-37-35(26-29)34-20-9-19-33-32-18-11-23-39-41(32)40-31(17-10-22-38(40)50-39)30-16-7-8-21-36(30)49(37)42(33)34/h1-26H. The number of thiophene rings is 1. The first-order valence-corrected chi connectivity index (χ1v) is 17.6. The zero-order valence-corrected chi connectivity index (χ0v) is 27.5. The molecule has 0 aliphatic heterocycles. The summed E-state index contributed by atoms with van der Waals surface area (Å²) in [4.78, 5) is 15.0. The molecule has 0 radical (unpaired) electrons. The Morgan fingerprint density at radius 2 is 0.840 bits per heavy atom. The molecule has 0 saturated carbocycles. The maximum atomic E-state index is 5.06. The molecule has 50 heavy (non-hydrogen) atoms. The van der Waals surface area contributed by atoms with Crippen molar-refractivity contribution in [3.8, 4) is 34.2 Å². The lowest BCUT2D eigenvalue weighted by Crippen LogP contribution is -2.00. The summed E-state index contributed by atoms with van der Waals surface area (Å²) in [6.45, 7) is 0. The van der Waals surface area contributed by atoms with Crippen molar-refractivity contribution >= 4 is 80.4 Å². The Hall–Kier alpha value is -6.43. The molecule has 0 amide bonds. The van der Waals surface area contributed by atoms with Crippen LogP contribution in [0.5, 0.6) is 0 Å². The molecule has 4 heterocycles. The molecule has 0 aliphatic rings. The zero-order chi connectivity index (χ0) is 32.8. The first-order chi connectivity index (χ1) is 24.8. The second-order valence-electron chi connectivity index (χ2n) is 12.8. The third-order valence-corrected chi connectivity index (χ3v) is 11.1. The van der Waals surface area contributed by atoms with E-state index in [1.807, 2.05) is 72.0 Å². The van der Waals surface area contributed by atoms with Crippen LogP contribution in [0.15, 0.2) is 158 Å². The molecule has 0 N–H and O–H groups in total. The van der Waals surface area contributed by atoms with Crippen LogP contribution in [-0.2, 0) is 0 Å². The number of hydrogen-bond acceptors (Lipinski definition) is 4. The van der Waals surface area contributed by atoms with Gasteiger partial charge in [-0.05, 0) is 47.2 Å². The smallest absolute Gasteiger partial charge is 0.164 e. The predicted octanol–water partition coefficient (Wildman–Crippen LogP) is 12.1. The molecule has 11 aromatic rings. The highest BCUT2D eigenvalue weighted by Gasteiger charge is 2.19. The summed E-state index contributed by atoms with van der Waals surface area (Å²) in [5.41, 5.74) is 6.39. The highest BCUT2D eigenvalue weighted by Crippen LogP contribution is 2.44. The van der Waals surface area contributed by atoms with Crippen molar-refractivity contribution in [1.29, 1.82) is 0 Å². The Kier molecular flexibility index (Phi) is 5.80. The van der Waals surface area contributed by atoms with Gasteiger partial charge < -0.3 is 4.40 Å². The lowest BCUT2D eigenvalue weighted by Gasteiger charge is -2.09. The van der Waals surface area contributed by atoms with Gasteiger partial charge in [0, 0.05) is 58.4 Å². The lowest BCUT2D eigenvalue weighted by atomic mass is 10.0. The molecular formula is C45H26N4S. The van der Waals surface area contributed by atoms with Gasteiger partial charge in [0.2, 0.25) is 0 Å². The first-order valence-electron chi connectivity index (χ1n) is 16.8. The van der Waals surface area contributed by atoms with Crippen molar-refractivity contribution in [2.45, 2.75) is 0 Å². The molecule has 4 nitrogen and oxygen atoms in total. The van der Waals surface area contributed by atoms with E-state index in [9.17, 15) is 0 Å². The Morgan fingerprint density at radius 3 is 1.50 bits per heavy atom. The third kappa shape index (κ3) is 3.95. The molecule has 5 heteroatoms. The van der Waals surface area contributed by atoms with Crippen LogP contribution < -0.4 is 0 Å². The highest BCUT2D eigenvalue weighted by atomic mass is 32.1. The van der Waals surface area contributed by atoms with Crippen molar-refractivity contribution in [1.82, 2.24) is 19.4 Å². The van der Waals surface area contributed by atoms with E-state index >= 15 is 0 Å². The molecule has 11 rings (SSSR count). The van der Waals surface area contributed by atoms with Crippen LogP contribution in [0.2, 0.25) is 0 Å². The number of rotatable bonds is 3. The molecule has 7 aromatic carbocycles. The van der Waals surface area contributed by atoms with Gasteiger partial charge in [0.25, 0.3) is 0 Å².